The van der Waals surface area contributed by atoms with Gasteiger partial charge in [-0.15, -0.1) is 0 Å². The minimum atomic E-state index is 0.832. The van der Waals surface area contributed by atoms with Crippen LogP contribution in [0.25, 0.3) is 0 Å². The number of rotatable bonds is 4. The fraction of sp³-hybridized carbons (Fsp3) is 0.294. The molecule has 2 aromatic rings. The summed E-state index contributed by atoms with van der Waals surface area (Å²) >= 11 is 0. The lowest BCUT2D eigenvalue weighted by Gasteiger charge is -2.13. The van der Waals surface area contributed by atoms with Crippen molar-refractivity contribution >= 4 is 11.4 Å². The van der Waals surface area contributed by atoms with Crippen LogP contribution in [0.4, 0.5) is 11.4 Å². The van der Waals surface area contributed by atoms with Gasteiger partial charge in [-0.05, 0) is 47.9 Å². The molecule has 20 heavy (non-hydrogen) atoms. The van der Waals surface area contributed by atoms with Crippen molar-refractivity contribution in [1.82, 2.24) is 0 Å². The number of anilines is 2. The van der Waals surface area contributed by atoms with Crippen LogP contribution in [0, 0.1) is 0 Å². The molecule has 0 aromatic heterocycles. The van der Waals surface area contributed by atoms with Crippen LogP contribution in [0.5, 0.6) is 5.75 Å². The van der Waals surface area contributed by atoms with E-state index in [4.69, 9.17) is 4.74 Å². The first-order chi connectivity index (χ1) is 9.76. The molecule has 3 heteroatoms. The van der Waals surface area contributed by atoms with E-state index in [0.29, 0.717) is 0 Å². The Hall–Kier alpha value is -2.16. The Bertz CT molecular complexity index is 592. The molecule has 1 aliphatic heterocycles. The SMILES string of the molecule is COc1ccc(CNc2ccc3c(c2)CCN3C)cc1. The van der Waals surface area contributed by atoms with E-state index < -0.39 is 0 Å². The van der Waals surface area contributed by atoms with Crippen LogP contribution < -0.4 is 15.0 Å². The molecule has 0 aliphatic carbocycles. The fourth-order valence-corrected chi connectivity index (χ4v) is 2.62. The monoisotopic (exact) mass is 268 g/mol. The Labute approximate surface area is 120 Å². The second kappa shape index (κ2) is 5.45. The van der Waals surface area contributed by atoms with Crippen LogP contribution in [0.15, 0.2) is 42.5 Å². The second-order valence-electron chi connectivity index (χ2n) is 5.22. The molecule has 0 fully saturated rings. The Kier molecular flexibility index (Phi) is 3.50. The van der Waals surface area contributed by atoms with Gasteiger partial charge in [-0.2, -0.15) is 0 Å². The van der Waals surface area contributed by atoms with Crippen LogP contribution in [0.1, 0.15) is 11.1 Å². The molecule has 1 aliphatic rings. The first kappa shape index (κ1) is 12.9. The molecule has 0 radical (unpaired) electrons. The van der Waals surface area contributed by atoms with Gasteiger partial charge in [0.05, 0.1) is 7.11 Å². The molecule has 0 bridgehead atoms. The quantitative estimate of drug-likeness (QED) is 0.920. The van der Waals surface area contributed by atoms with Gasteiger partial charge in [-0.25, -0.2) is 0 Å². The van der Waals surface area contributed by atoms with Gasteiger partial charge in [0.15, 0.2) is 0 Å². The zero-order chi connectivity index (χ0) is 13.9. The van der Waals surface area contributed by atoms with Crippen molar-refractivity contribution in [2.24, 2.45) is 0 Å². The molecule has 0 atom stereocenters. The third kappa shape index (κ3) is 2.57. The van der Waals surface area contributed by atoms with Gasteiger partial charge in [-0.3, -0.25) is 0 Å². The number of hydrogen-bond donors (Lipinski definition) is 1. The maximum atomic E-state index is 5.17. The minimum Gasteiger partial charge on any atom is -0.497 e. The van der Waals surface area contributed by atoms with Gasteiger partial charge in [0, 0.05) is 31.5 Å². The topological polar surface area (TPSA) is 24.5 Å². The van der Waals surface area contributed by atoms with Crippen LogP contribution in [0.2, 0.25) is 0 Å². The lowest BCUT2D eigenvalue weighted by molar-refractivity contribution is 0.414. The predicted molar refractivity (Wildman–Crippen MR) is 83.7 cm³/mol. The van der Waals surface area contributed by atoms with Gasteiger partial charge >= 0.3 is 0 Å². The maximum Gasteiger partial charge on any atom is 0.118 e. The Morgan fingerprint density at radius 1 is 1.15 bits per heavy atom. The molecule has 0 unspecified atom stereocenters. The summed E-state index contributed by atoms with van der Waals surface area (Å²) in [6.45, 7) is 1.95. The molecule has 3 rings (SSSR count). The first-order valence-electron chi connectivity index (χ1n) is 6.97. The molecule has 0 spiro atoms. The Balaban J connectivity index is 1.66. The number of benzene rings is 2. The van der Waals surface area contributed by atoms with E-state index in [9.17, 15) is 0 Å². The smallest absolute Gasteiger partial charge is 0.118 e. The summed E-state index contributed by atoms with van der Waals surface area (Å²) in [6.07, 6.45) is 1.14. The third-order valence-electron chi connectivity index (χ3n) is 3.86. The molecule has 3 nitrogen and oxygen atoms in total. The average molecular weight is 268 g/mol. The zero-order valence-corrected chi connectivity index (χ0v) is 12.0. The van der Waals surface area contributed by atoms with E-state index in [1.807, 2.05) is 12.1 Å². The van der Waals surface area contributed by atoms with Crippen molar-refractivity contribution in [3.63, 3.8) is 0 Å². The standard InChI is InChI=1S/C17H20N2O/c1-19-10-9-14-11-15(5-8-17(14)19)18-12-13-3-6-16(20-2)7-4-13/h3-8,11,18H,9-10,12H2,1-2H3. The average Bonchev–Trinajstić information content (AvgIpc) is 2.87. The van der Waals surface area contributed by atoms with Gasteiger partial charge in [-0.1, -0.05) is 12.1 Å². The number of nitrogens with zero attached hydrogens (tertiary/aromatic N) is 1. The van der Waals surface area contributed by atoms with Crippen molar-refractivity contribution < 1.29 is 4.74 Å². The lowest BCUT2D eigenvalue weighted by atomic mass is 10.1. The van der Waals surface area contributed by atoms with E-state index >= 15 is 0 Å². The number of nitrogens with one attached hydrogen (secondary N) is 1. The van der Waals surface area contributed by atoms with Gasteiger partial charge in [0.2, 0.25) is 0 Å². The summed E-state index contributed by atoms with van der Waals surface area (Å²) in [5.74, 6) is 0.898. The molecule has 2 aromatic carbocycles. The summed E-state index contributed by atoms with van der Waals surface area (Å²) in [5, 5.41) is 3.48. The fourth-order valence-electron chi connectivity index (χ4n) is 2.62. The lowest BCUT2D eigenvalue weighted by Crippen LogP contribution is -2.12. The molecule has 1 N–H and O–H groups in total. The second-order valence-corrected chi connectivity index (χ2v) is 5.22. The highest BCUT2D eigenvalue weighted by Crippen LogP contribution is 2.29. The first-order valence-corrected chi connectivity index (χ1v) is 6.97. The molecule has 0 saturated carbocycles. The normalized spacial score (nSPS) is 13.2. The summed E-state index contributed by atoms with van der Waals surface area (Å²) in [4.78, 5) is 2.31. The third-order valence-corrected chi connectivity index (χ3v) is 3.86. The number of likely N-dealkylation sites (N-methyl/N-ethyl adjacent to an activating group) is 1. The summed E-state index contributed by atoms with van der Waals surface area (Å²) in [7, 11) is 3.84. The Morgan fingerprint density at radius 3 is 2.70 bits per heavy atom. The van der Waals surface area contributed by atoms with Gasteiger partial charge in [0.1, 0.15) is 5.75 Å². The van der Waals surface area contributed by atoms with Crippen molar-refractivity contribution in [3.8, 4) is 5.75 Å². The number of hydrogen-bond acceptors (Lipinski definition) is 3. The van der Waals surface area contributed by atoms with Crippen molar-refractivity contribution in [2.75, 3.05) is 30.9 Å². The molecule has 104 valence electrons. The van der Waals surface area contributed by atoms with E-state index in [-0.39, 0.29) is 0 Å². The van der Waals surface area contributed by atoms with Crippen LogP contribution in [-0.4, -0.2) is 20.7 Å². The molecular weight excluding hydrogens is 248 g/mol. The Morgan fingerprint density at radius 2 is 1.95 bits per heavy atom. The number of methoxy groups -OCH3 is 1. The maximum absolute atomic E-state index is 5.17. The van der Waals surface area contributed by atoms with Crippen LogP contribution in [-0.2, 0) is 13.0 Å². The number of fused-ring (bicyclic) bond motifs is 1. The molecule has 0 saturated heterocycles. The molecular formula is C17H20N2O. The molecule has 0 amide bonds. The highest BCUT2D eigenvalue weighted by Gasteiger charge is 2.15. The van der Waals surface area contributed by atoms with Crippen molar-refractivity contribution in [3.05, 3.63) is 53.6 Å². The largest absolute Gasteiger partial charge is 0.497 e. The summed E-state index contributed by atoms with van der Waals surface area (Å²) < 4.78 is 5.17. The molecule has 1 heterocycles. The van der Waals surface area contributed by atoms with Crippen molar-refractivity contribution in [1.29, 1.82) is 0 Å². The summed E-state index contributed by atoms with van der Waals surface area (Å²) in [5.41, 5.74) is 5.24. The summed E-state index contributed by atoms with van der Waals surface area (Å²) in [6, 6.07) is 14.8. The van der Waals surface area contributed by atoms with Crippen LogP contribution >= 0.6 is 0 Å². The minimum absolute atomic E-state index is 0.832. The van der Waals surface area contributed by atoms with E-state index in [2.05, 4.69) is 47.6 Å². The van der Waals surface area contributed by atoms with Gasteiger partial charge < -0.3 is 15.0 Å². The zero-order valence-electron chi connectivity index (χ0n) is 12.0. The predicted octanol–water partition coefficient (Wildman–Crippen LogP) is 3.30. The van der Waals surface area contributed by atoms with E-state index in [0.717, 1.165) is 25.3 Å². The highest BCUT2D eigenvalue weighted by molar-refractivity contribution is 5.63. The van der Waals surface area contributed by atoms with Crippen molar-refractivity contribution in [2.45, 2.75) is 13.0 Å². The van der Waals surface area contributed by atoms with E-state index in [1.165, 1.54) is 22.5 Å². The van der Waals surface area contributed by atoms with Gasteiger partial charge in [0.25, 0.3) is 0 Å². The highest BCUT2D eigenvalue weighted by atomic mass is 16.5. The van der Waals surface area contributed by atoms with Crippen LogP contribution in [0.3, 0.4) is 0 Å². The number of ether oxygens (including phenoxy) is 1. The van der Waals surface area contributed by atoms with E-state index in [1.54, 1.807) is 7.11 Å².